The van der Waals surface area contributed by atoms with E-state index in [1.54, 1.807) is 17.0 Å². The van der Waals surface area contributed by atoms with Crippen molar-refractivity contribution in [1.29, 1.82) is 0 Å². The van der Waals surface area contributed by atoms with Gasteiger partial charge in [-0.05, 0) is 57.0 Å². The molecule has 0 spiro atoms. The van der Waals surface area contributed by atoms with Crippen LogP contribution in [0.2, 0.25) is 0 Å². The minimum absolute atomic E-state index is 0. The maximum Gasteiger partial charge on any atom is 0.253 e. The molecule has 1 aromatic rings. The average Bonchev–Trinajstić information content (AvgIpc) is 2.54. The Morgan fingerprint density at radius 1 is 1.26 bits per heavy atom. The van der Waals surface area contributed by atoms with Gasteiger partial charge in [-0.1, -0.05) is 0 Å². The van der Waals surface area contributed by atoms with E-state index < -0.39 is 10.0 Å². The molecule has 3 N–H and O–H groups in total. The van der Waals surface area contributed by atoms with Gasteiger partial charge in [0.2, 0.25) is 10.0 Å². The largest absolute Gasteiger partial charge is 0.339 e. The summed E-state index contributed by atoms with van der Waals surface area (Å²) in [5.41, 5.74) is 6.41. The molecule has 0 saturated carbocycles. The second-order valence-corrected chi connectivity index (χ2v) is 7.61. The van der Waals surface area contributed by atoms with Crippen LogP contribution in [0.15, 0.2) is 29.2 Å². The van der Waals surface area contributed by atoms with Crippen LogP contribution in [0.5, 0.6) is 0 Å². The average molecular weight is 362 g/mol. The van der Waals surface area contributed by atoms with Crippen molar-refractivity contribution in [3.05, 3.63) is 29.8 Å². The number of carbonyl (C=O) groups is 1. The molecule has 1 fully saturated rings. The first kappa shape index (κ1) is 19.9. The number of hydrogen-bond donors (Lipinski definition) is 2. The van der Waals surface area contributed by atoms with Crippen LogP contribution in [0.25, 0.3) is 0 Å². The number of nitrogens with zero attached hydrogens (tertiary/aromatic N) is 1. The molecule has 1 saturated heterocycles. The van der Waals surface area contributed by atoms with Crippen molar-refractivity contribution in [1.82, 2.24) is 9.62 Å². The number of nitrogens with one attached hydrogen (secondary N) is 1. The monoisotopic (exact) mass is 361 g/mol. The van der Waals surface area contributed by atoms with Crippen LogP contribution in [0.1, 0.15) is 30.1 Å². The molecule has 23 heavy (non-hydrogen) atoms. The highest BCUT2D eigenvalue weighted by atomic mass is 35.5. The molecular formula is C15H24ClN3O3S. The molecule has 1 atom stereocenters. The fourth-order valence-corrected chi connectivity index (χ4v) is 3.44. The van der Waals surface area contributed by atoms with E-state index in [-0.39, 0.29) is 29.3 Å². The molecule has 0 aliphatic carbocycles. The lowest BCUT2D eigenvalue weighted by Crippen LogP contribution is -2.42. The molecule has 1 aromatic carbocycles. The van der Waals surface area contributed by atoms with E-state index in [1.165, 1.54) is 19.2 Å². The zero-order valence-electron chi connectivity index (χ0n) is 13.4. The topological polar surface area (TPSA) is 92.5 Å². The Labute approximate surface area is 143 Å². The van der Waals surface area contributed by atoms with E-state index in [9.17, 15) is 13.2 Å². The molecule has 1 amide bonds. The number of sulfonamides is 1. The molecule has 1 heterocycles. The molecule has 1 unspecified atom stereocenters. The van der Waals surface area contributed by atoms with Gasteiger partial charge >= 0.3 is 0 Å². The van der Waals surface area contributed by atoms with E-state index in [0.29, 0.717) is 24.6 Å². The van der Waals surface area contributed by atoms with Crippen LogP contribution in [0.4, 0.5) is 0 Å². The highest BCUT2D eigenvalue weighted by Gasteiger charge is 2.25. The number of halogens is 1. The standard InChI is InChI=1S/C15H23N3O3S.ClH/c1-11(16)12-7-9-18(10-8-12)15(19)13-3-5-14(6-4-13)22(20,21)17-2;/h3-6,11-12,17H,7-10,16H2,1-2H3;1H. The third kappa shape index (κ3) is 4.67. The van der Waals surface area contributed by atoms with Crippen molar-refractivity contribution in [2.75, 3.05) is 20.1 Å². The third-order valence-corrected chi connectivity index (χ3v) is 5.68. The molecule has 130 valence electrons. The zero-order valence-corrected chi connectivity index (χ0v) is 15.0. The Kier molecular flexibility index (Phi) is 7.01. The SMILES string of the molecule is CNS(=O)(=O)c1ccc(C(=O)N2CCC(C(C)N)CC2)cc1.Cl. The van der Waals surface area contributed by atoms with Crippen molar-refractivity contribution in [3.63, 3.8) is 0 Å². The van der Waals surface area contributed by atoms with Gasteiger partial charge in [0, 0.05) is 24.7 Å². The lowest BCUT2D eigenvalue weighted by atomic mass is 9.90. The summed E-state index contributed by atoms with van der Waals surface area (Å²) in [5.74, 6) is 0.406. The molecule has 8 heteroatoms. The Hall–Kier alpha value is -1.15. The minimum Gasteiger partial charge on any atom is -0.339 e. The van der Waals surface area contributed by atoms with Crippen LogP contribution in [0, 0.1) is 5.92 Å². The maximum atomic E-state index is 12.4. The second-order valence-electron chi connectivity index (χ2n) is 5.72. The third-order valence-electron chi connectivity index (χ3n) is 4.25. The quantitative estimate of drug-likeness (QED) is 0.843. The van der Waals surface area contributed by atoms with E-state index in [4.69, 9.17) is 5.73 Å². The first-order valence-electron chi connectivity index (χ1n) is 7.43. The fourth-order valence-electron chi connectivity index (χ4n) is 2.71. The van der Waals surface area contributed by atoms with Gasteiger partial charge < -0.3 is 10.6 Å². The molecule has 0 bridgehead atoms. The van der Waals surface area contributed by atoms with Gasteiger partial charge in [0.15, 0.2) is 0 Å². The summed E-state index contributed by atoms with van der Waals surface area (Å²) in [6.45, 7) is 3.40. The summed E-state index contributed by atoms with van der Waals surface area (Å²) in [6.07, 6.45) is 1.82. The summed E-state index contributed by atoms with van der Waals surface area (Å²) in [6, 6.07) is 6.18. The van der Waals surface area contributed by atoms with Crippen molar-refractivity contribution in [2.45, 2.75) is 30.7 Å². The molecule has 0 aromatic heterocycles. The summed E-state index contributed by atoms with van der Waals surface area (Å²) < 4.78 is 25.6. The van der Waals surface area contributed by atoms with E-state index in [2.05, 4.69) is 4.72 Å². The smallest absolute Gasteiger partial charge is 0.253 e. The lowest BCUT2D eigenvalue weighted by molar-refractivity contribution is 0.0681. The summed E-state index contributed by atoms with van der Waals surface area (Å²) in [7, 11) is -2.11. The molecule has 6 nitrogen and oxygen atoms in total. The number of hydrogen-bond acceptors (Lipinski definition) is 4. The number of benzene rings is 1. The van der Waals surface area contributed by atoms with Crippen LogP contribution >= 0.6 is 12.4 Å². The first-order valence-corrected chi connectivity index (χ1v) is 8.92. The van der Waals surface area contributed by atoms with Crippen molar-refractivity contribution < 1.29 is 13.2 Å². The van der Waals surface area contributed by atoms with E-state index >= 15 is 0 Å². The number of nitrogens with two attached hydrogens (primary N) is 1. The van der Waals surface area contributed by atoms with Gasteiger partial charge in [-0.25, -0.2) is 13.1 Å². The van der Waals surface area contributed by atoms with E-state index in [0.717, 1.165) is 12.8 Å². The maximum absolute atomic E-state index is 12.4. The van der Waals surface area contributed by atoms with Crippen LogP contribution in [0.3, 0.4) is 0 Å². The van der Waals surface area contributed by atoms with Crippen LogP contribution in [-0.2, 0) is 10.0 Å². The molecule has 1 aliphatic heterocycles. The van der Waals surface area contributed by atoms with Crippen LogP contribution < -0.4 is 10.5 Å². The number of carbonyl (C=O) groups excluding carboxylic acids is 1. The van der Waals surface area contributed by atoms with E-state index in [1.807, 2.05) is 6.92 Å². The van der Waals surface area contributed by atoms with Crippen molar-refractivity contribution >= 4 is 28.3 Å². The minimum atomic E-state index is -3.47. The van der Waals surface area contributed by atoms with Gasteiger partial charge in [0.25, 0.3) is 5.91 Å². The van der Waals surface area contributed by atoms with Gasteiger partial charge in [-0.2, -0.15) is 0 Å². The highest BCUT2D eigenvalue weighted by molar-refractivity contribution is 7.89. The van der Waals surface area contributed by atoms with Crippen molar-refractivity contribution in [2.24, 2.45) is 11.7 Å². The lowest BCUT2D eigenvalue weighted by Gasteiger charge is -2.33. The normalized spacial score (nSPS) is 17.4. The van der Waals surface area contributed by atoms with Crippen molar-refractivity contribution in [3.8, 4) is 0 Å². The molecule has 1 aliphatic rings. The predicted octanol–water partition coefficient (Wildman–Crippen LogP) is 1.22. The second kappa shape index (κ2) is 8.10. The number of amides is 1. The van der Waals surface area contributed by atoms with Gasteiger partial charge in [0.05, 0.1) is 4.90 Å². The van der Waals surface area contributed by atoms with Gasteiger partial charge in [0.1, 0.15) is 0 Å². The van der Waals surface area contributed by atoms with Gasteiger partial charge in [-0.3, -0.25) is 4.79 Å². The summed E-state index contributed by atoms with van der Waals surface area (Å²) in [5, 5.41) is 0. The summed E-state index contributed by atoms with van der Waals surface area (Å²) >= 11 is 0. The number of piperidine rings is 1. The Morgan fingerprint density at radius 2 is 1.78 bits per heavy atom. The van der Waals surface area contributed by atoms with Gasteiger partial charge in [-0.15, -0.1) is 12.4 Å². The zero-order chi connectivity index (χ0) is 16.3. The molecule has 0 radical (unpaired) electrons. The first-order chi connectivity index (χ1) is 10.3. The molecule has 2 rings (SSSR count). The Morgan fingerprint density at radius 3 is 2.22 bits per heavy atom. The Balaban J connectivity index is 0.00000264. The fraction of sp³-hybridized carbons (Fsp3) is 0.533. The van der Waals surface area contributed by atoms with Crippen LogP contribution in [-0.4, -0.2) is 45.4 Å². The number of likely N-dealkylation sites (tertiary alicyclic amines) is 1. The summed E-state index contributed by atoms with van der Waals surface area (Å²) in [4.78, 5) is 14.4. The molecular weight excluding hydrogens is 338 g/mol. The number of rotatable bonds is 4. The highest BCUT2D eigenvalue weighted by Crippen LogP contribution is 2.21. The predicted molar refractivity (Wildman–Crippen MR) is 92.2 cm³/mol. The Bertz CT molecular complexity index is 624.